The maximum Gasteiger partial charge on any atom is 0.433 e. The van der Waals surface area contributed by atoms with Crippen molar-refractivity contribution in [3.63, 3.8) is 0 Å². The summed E-state index contributed by atoms with van der Waals surface area (Å²) >= 11 is 1.46. The Balaban J connectivity index is 1.43. The lowest BCUT2D eigenvalue weighted by Crippen LogP contribution is -2.40. The van der Waals surface area contributed by atoms with E-state index >= 15 is 0 Å². The average molecular weight is 448 g/mol. The second-order valence-corrected chi connectivity index (χ2v) is 8.99. The van der Waals surface area contributed by atoms with Crippen LogP contribution in [0.25, 0.3) is 10.9 Å². The molecule has 0 spiro atoms. The Morgan fingerprint density at radius 3 is 2.42 bits per heavy atom. The molecule has 1 saturated carbocycles. The van der Waals surface area contributed by atoms with Gasteiger partial charge in [-0.1, -0.05) is 18.2 Å². The standard InChI is InChI=1S/C23H24F3N3OS/c1-13-12-31-21(14(13)2)22(30)28-16-9-7-15(8-10-16)27-19-11-20(23(24,25)26)29-18-6-4-3-5-17(18)19/h3-6,11-12,15-16H,7-10H2,1-2H3,(H,27,29)(H,28,30). The summed E-state index contributed by atoms with van der Waals surface area (Å²) in [6.45, 7) is 3.95. The molecule has 0 unspecified atom stereocenters. The van der Waals surface area contributed by atoms with Gasteiger partial charge in [-0.05, 0) is 68.2 Å². The molecule has 0 bridgehead atoms. The van der Waals surface area contributed by atoms with Gasteiger partial charge in [0.25, 0.3) is 5.91 Å². The molecule has 0 saturated heterocycles. The van der Waals surface area contributed by atoms with Gasteiger partial charge in [-0.15, -0.1) is 11.3 Å². The Bertz CT molecular complexity index is 1100. The van der Waals surface area contributed by atoms with Gasteiger partial charge in [-0.25, -0.2) is 4.98 Å². The molecule has 1 aliphatic rings. The zero-order valence-corrected chi connectivity index (χ0v) is 18.2. The molecular formula is C23H24F3N3OS. The predicted molar refractivity (Wildman–Crippen MR) is 118 cm³/mol. The molecule has 1 amide bonds. The third kappa shape index (κ3) is 4.69. The molecule has 2 heterocycles. The number of nitrogens with zero attached hydrogens (tertiary/aromatic N) is 1. The number of carbonyl (C=O) groups is 1. The molecule has 3 aromatic rings. The number of rotatable bonds is 4. The number of para-hydroxylation sites is 1. The Morgan fingerprint density at radius 2 is 1.77 bits per heavy atom. The molecule has 1 aliphatic carbocycles. The summed E-state index contributed by atoms with van der Waals surface area (Å²) in [6.07, 6.45) is -1.40. The second-order valence-electron chi connectivity index (χ2n) is 8.11. The monoisotopic (exact) mass is 447 g/mol. The van der Waals surface area contributed by atoms with E-state index in [-0.39, 0.29) is 18.0 Å². The number of aryl methyl sites for hydroxylation is 1. The summed E-state index contributed by atoms with van der Waals surface area (Å²) in [5.74, 6) is -0.0399. The molecule has 0 aliphatic heterocycles. The quantitative estimate of drug-likeness (QED) is 0.509. The maximum absolute atomic E-state index is 13.3. The van der Waals surface area contributed by atoms with Crippen molar-refractivity contribution in [3.8, 4) is 0 Å². The van der Waals surface area contributed by atoms with Crippen molar-refractivity contribution in [3.05, 3.63) is 57.4 Å². The highest BCUT2D eigenvalue weighted by molar-refractivity contribution is 7.12. The van der Waals surface area contributed by atoms with Crippen molar-refractivity contribution in [1.82, 2.24) is 10.3 Å². The van der Waals surface area contributed by atoms with Crippen LogP contribution >= 0.6 is 11.3 Å². The molecule has 1 fully saturated rings. The summed E-state index contributed by atoms with van der Waals surface area (Å²) < 4.78 is 39.9. The number of carbonyl (C=O) groups excluding carboxylic acids is 1. The van der Waals surface area contributed by atoms with Crippen molar-refractivity contribution in [2.24, 2.45) is 0 Å². The molecule has 0 radical (unpaired) electrons. The summed E-state index contributed by atoms with van der Waals surface area (Å²) in [5.41, 5.74) is 2.02. The lowest BCUT2D eigenvalue weighted by atomic mass is 9.90. The van der Waals surface area contributed by atoms with E-state index in [1.807, 2.05) is 19.2 Å². The van der Waals surface area contributed by atoms with Crippen LogP contribution in [0.2, 0.25) is 0 Å². The Labute approximate surface area is 182 Å². The van der Waals surface area contributed by atoms with E-state index in [1.165, 1.54) is 11.3 Å². The highest BCUT2D eigenvalue weighted by atomic mass is 32.1. The van der Waals surface area contributed by atoms with Crippen molar-refractivity contribution in [2.45, 2.75) is 57.8 Å². The number of fused-ring (bicyclic) bond motifs is 1. The maximum atomic E-state index is 13.3. The van der Waals surface area contributed by atoms with Crippen molar-refractivity contribution in [1.29, 1.82) is 0 Å². The predicted octanol–water partition coefficient (Wildman–Crippen LogP) is 6.09. The van der Waals surface area contributed by atoms with E-state index in [1.54, 1.807) is 24.3 Å². The highest BCUT2D eigenvalue weighted by Gasteiger charge is 2.34. The highest BCUT2D eigenvalue weighted by Crippen LogP contribution is 2.34. The van der Waals surface area contributed by atoms with Gasteiger partial charge in [-0.2, -0.15) is 13.2 Å². The number of pyridine rings is 1. The SMILES string of the molecule is Cc1csc(C(=O)NC2CCC(Nc3cc(C(F)(F)F)nc4ccccc34)CC2)c1C. The second kappa shape index (κ2) is 8.49. The van der Waals surface area contributed by atoms with Crippen LogP contribution < -0.4 is 10.6 Å². The molecule has 164 valence electrons. The number of nitrogens with one attached hydrogen (secondary N) is 2. The Kier molecular flexibility index (Phi) is 5.92. The van der Waals surface area contributed by atoms with Gasteiger partial charge in [0.2, 0.25) is 0 Å². The van der Waals surface area contributed by atoms with Gasteiger partial charge < -0.3 is 10.6 Å². The van der Waals surface area contributed by atoms with E-state index in [4.69, 9.17) is 0 Å². The van der Waals surface area contributed by atoms with Gasteiger partial charge in [0.15, 0.2) is 0 Å². The summed E-state index contributed by atoms with van der Waals surface area (Å²) in [4.78, 5) is 17.1. The average Bonchev–Trinajstić information content (AvgIpc) is 3.07. The van der Waals surface area contributed by atoms with Crippen LogP contribution in [0.4, 0.5) is 18.9 Å². The topological polar surface area (TPSA) is 54.0 Å². The van der Waals surface area contributed by atoms with Gasteiger partial charge in [-0.3, -0.25) is 4.79 Å². The van der Waals surface area contributed by atoms with Gasteiger partial charge in [0.05, 0.1) is 10.4 Å². The number of alkyl halides is 3. The normalized spacial score (nSPS) is 19.4. The first-order chi connectivity index (χ1) is 14.7. The first-order valence-corrected chi connectivity index (χ1v) is 11.2. The lowest BCUT2D eigenvalue weighted by molar-refractivity contribution is -0.140. The van der Waals surface area contributed by atoms with Crippen LogP contribution in [0.5, 0.6) is 0 Å². The van der Waals surface area contributed by atoms with E-state index in [2.05, 4.69) is 15.6 Å². The Morgan fingerprint density at radius 1 is 1.10 bits per heavy atom. The number of halogens is 3. The number of hydrogen-bond donors (Lipinski definition) is 2. The fourth-order valence-electron chi connectivity index (χ4n) is 4.02. The summed E-state index contributed by atoms with van der Waals surface area (Å²) in [5, 5.41) is 9.08. The van der Waals surface area contributed by atoms with Crippen LogP contribution in [0.15, 0.2) is 35.7 Å². The van der Waals surface area contributed by atoms with Crippen LogP contribution in [0.1, 0.15) is 52.2 Å². The number of hydrogen-bond acceptors (Lipinski definition) is 4. The minimum absolute atomic E-state index is 0.0399. The fraction of sp³-hybridized carbons (Fsp3) is 0.391. The minimum Gasteiger partial charge on any atom is -0.382 e. The molecule has 4 rings (SSSR count). The number of thiophene rings is 1. The van der Waals surface area contributed by atoms with Crippen molar-refractivity contribution < 1.29 is 18.0 Å². The minimum atomic E-state index is -4.50. The smallest absolute Gasteiger partial charge is 0.382 e. The van der Waals surface area contributed by atoms with Crippen LogP contribution in [-0.4, -0.2) is 23.0 Å². The van der Waals surface area contributed by atoms with Gasteiger partial charge in [0, 0.05) is 23.2 Å². The largest absolute Gasteiger partial charge is 0.433 e. The number of aromatic nitrogens is 1. The molecule has 2 aromatic heterocycles. The van der Waals surface area contributed by atoms with Crippen molar-refractivity contribution in [2.75, 3.05) is 5.32 Å². The summed E-state index contributed by atoms with van der Waals surface area (Å²) in [6, 6.07) is 8.07. The third-order valence-electron chi connectivity index (χ3n) is 5.92. The summed E-state index contributed by atoms with van der Waals surface area (Å²) in [7, 11) is 0. The van der Waals surface area contributed by atoms with Gasteiger partial charge >= 0.3 is 6.18 Å². The van der Waals surface area contributed by atoms with E-state index in [9.17, 15) is 18.0 Å². The molecule has 31 heavy (non-hydrogen) atoms. The lowest BCUT2D eigenvalue weighted by Gasteiger charge is -2.30. The van der Waals surface area contributed by atoms with E-state index in [0.29, 0.717) is 16.6 Å². The van der Waals surface area contributed by atoms with E-state index in [0.717, 1.165) is 47.8 Å². The number of anilines is 1. The molecular weight excluding hydrogens is 423 g/mol. The van der Waals surface area contributed by atoms with Crippen LogP contribution in [0.3, 0.4) is 0 Å². The zero-order chi connectivity index (χ0) is 22.2. The van der Waals surface area contributed by atoms with Crippen LogP contribution in [0, 0.1) is 13.8 Å². The molecule has 4 nitrogen and oxygen atoms in total. The van der Waals surface area contributed by atoms with Crippen molar-refractivity contribution >= 4 is 33.8 Å². The molecule has 2 N–H and O–H groups in total. The number of amides is 1. The Hall–Kier alpha value is -2.61. The molecule has 8 heteroatoms. The van der Waals surface area contributed by atoms with E-state index < -0.39 is 11.9 Å². The third-order valence-corrected chi connectivity index (χ3v) is 7.12. The first-order valence-electron chi connectivity index (χ1n) is 10.3. The fourth-order valence-corrected chi connectivity index (χ4v) is 5.00. The van der Waals surface area contributed by atoms with Crippen LogP contribution in [-0.2, 0) is 6.18 Å². The first kappa shape index (κ1) is 21.6. The van der Waals surface area contributed by atoms with Gasteiger partial charge in [0.1, 0.15) is 5.69 Å². The zero-order valence-electron chi connectivity index (χ0n) is 17.3. The number of benzene rings is 1. The molecule has 0 atom stereocenters. The molecule has 1 aromatic carbocycles.